The summed E-state index contributed by atoms with van der Waals surface area (Å²) in [5.41, 5.74) is 1.76. The van der Waals surface area contributed by atoms with Crippen molar-refractivity contribution in [2.45, 2.75) is 12.7 Å². The van der Waals surface area contributed by atoms with Crippen LogP contribution in [0.1, 0.15) is 27.6 Å². The van der Waals surface area contributed by atoms with E-state index in [4.69, 9.17) is 21.1 Å². The van der Waals surface area contributed by atoms with Crippen molar-refractivity contribution in [2.24, 2.45) is 0 Å². The molecule has 8 heteroatoms. The number of piperazine rings is 1. The molecule has 1 amide bonds. The van der Waals surface area contributed by atoms with Gasteiger partial charge >= 0.3 is 0 Å². The molecule has 1 atom stereocenters. The highest BCUT2D eigenvalue weighted by Gasteiger charge is 2.26. The first-order chi connectivity index (χ1) is 16.9. The Balaban J connectivity index is 1.40. The normalized spacial score (nSPS) is 15.1. The average molecular weight is 501 g/mol. The van der Waals surface area contributed by atoms with Gasteiger partial charge in [0.25, 0.3) is 5.91 Å². The van der Waals surface area contributed by atoms with Crippen LogP contribution in [-0.4, -0.2) is 55.5 Å². The number of amides is 1. The van der Waals surface area contributed by atoms with Gasteiger partial charge in [-0.05, 0) is 53.6 Å². The summed E-state index contributed by atoms with van der Waals surface area (Å²) in [4.78, 5) is 16.5. The van der Waals surface area contributed by atoms with E-state index < -0.39 is 17.5 Å². The van der Waals surface area contributed by atoms with Gasteiger partial charge in [0, 0.05) is 37.7 Å². The lowest BCUT2D eigenvalue weighted by Crippen LogP contribution is -2.49. The zero-order valence-corrected chi connectivity index (χ0v) is 20.2. The molecular weight excluding hydrogens is 474 g/mol. The predicted molar refractivity (Wildman–Crippen MR) is 131 cm³/mol. The summed E-state index contributed by atoms with van der Waals surface area (Å²) in [6, 6.07) is 18.2. The molecular formula is C27H27ClF2N2O3. The molecule has 3 aromatic rings. The van der Waals surface area contributed by atoms with Crippen molar-refractivity contribution in [1.82, 2.24) is 9.80 Å². The van der Waals surface area contributed by atoms with E-state index in [1.807, 2.05) is 48.5 Å². The third-order valence-electron chi connectivity index (χ3n) is 6.07. The molecule has 1 aliphatic rings. The van der Waals surface area contributed by atoms with E-state index in [1.165, 1.54) is 0 Å². The van der Waals surface area contributed by atoms with Crippen LogP contribution in [0.5, 0.6) is 5.75 Å². The number of nitrogens with zero attached hydrogens (tertiary/aromatic N) is 2. The Morgan fingerprint density at radius 2 is 1.74 bits per heavy atom. The first-order valence-electron chi connectivity index (χ1n) is 11.4. The second-order valence-corrected chi connectivity index (χ2v) is 8.86. The summed E-state index contributed by atoms with van der Waals surface area (Å²) < 4.78 is 39.2. The fourth-order valence-corrected chi connectivity index (χ4v) is 4.22. The van der Waals surface area contributed by atoms with Crippen LogP contribution in [0.25, 0.3) is 0 Å². The topological polar surface area (TPSA) is 42.0 Å². The van der Waals surface area contributed by atoms with Crippen molar-refractivity contribution in [2.75, 3.05) is 39.8 Å². The van der Waals surface area contributed by atoms with Crippen LogP contribution in [0.15, 0.2) is 66.7 Å². The minimum absolute atomic E-state index is 0.221. The predicted octanol–water partition coefficient (Wildman–Crippen LogP) is 5.34. The molecule has 35 heavy (non-hydrogen) atoms. The highest BCUT2D eigenvalue weighted by molar-refractivity contribution is 6.30. The number of methoxy groups -OCH3 is 1. The Labute approximate surface area is 208 Å². The molecule has 1 fully saturated rings. The van der Waals surface area contributed by atoms with Gasteiger partial charge in [-0.15, -0.1) is 0 Å². The third kappa shape index (κ3) is 6.57. The molecule has 1 heterocycles. The van der Waals surface area contributed by atoms with E-state index in [2.05, 4.69) is 4.90 Å². The van der Waals surface area contributed by atoms with Crippen LogP contribution in [0, 0.1) is 11.6 Å². The first-order valence-corrected chi connectivity index (χ1v) is 11.8. The molecule has 4 rings (SSSR count). The molecule has 0 N–H and O–H groups in total. The van der Waals surface area contributed by atoms with E-state index in [0.717, 1.165) is 35.1 Å². The summed E-state index contributed by atoms with van der Waals surface area (Å²) in [7, 11) is 1.63. The van der Waals surface area contributed by atoms with E-state index in [0.29, 0.717) is 44.4 Å². The number of carbonyl (C=O) groups is 1. The van der Waals surface area contributed by atoms with E-state index in [9.17, 15) is 13.6 Å². The Morgan fingerprint density at radius 1 is 1.00 bits per heavy atom. The molecule has 5 nitrogen and oxygen atoms in total. The average Bonchev–Trinajstić information content (AvgIpc) is 2.88. The largest absolute Gasteiger partial charge is 0.497 e. The maximum Gasteiger partial charge on any atom is 0.257 e. The van der Waals surface area contributed by atoms with Crippen molar-refractivity contribution >= 4 is 17.5 Å². The fourth-order valence-electron chi connectivity index (χ4n) is 4.09. The highest BCUT2D eigenvalue weighted by atomic mass is 35.5. The Hall–Kier alpha value is -3.00. The second kappa shape index (κ2) is 11.6. The molecule has 0 saturated carbocycles. The van der Waals surface area contributed by atoms with Gasteiger partial charge in [-0.2, -0.15) is 0 Å². The number of rotatable bonds is 8. The lowest BCUT2D eigenvalue weighted by Gasteiger charge is -2.36. The van der Waals surface area contributed by atoms with Gasteiger partial charge in [-0.25, -0.2) is 8.78 Å². The summed E-state index contributed by atoms with van der Waals surface area (Å²) in [6.07, 6.45) is -0.221. The SMILES string of the molecule is COc1cccc(COC(CN2CCN(C(=O)c3cc(F)ccc3F)CC2)c2ccc(Cl)cc2)c1. The van der Waals surface area contributed by atoms with Crippen molar-refractivity contribution < 1.29 is 23.0 Å². The molecule has 3 aromatic carbocycles. The fraction of sp³-hybridized carbons (Fsp3) is 0.296. The van der Waals surface area contributed by atoms with Crippen LogP contribution in [0.3, 0.4) is 0 Å². The molecule has 0 radical (unpaired) electrons. The Morgan fingerprint density at radius 3 is 2.46 bits per heavy atom. The standard InChI is InChI=1S/C27H27ClF2N2O3/c1-34-23-4-2-3-19(15-23)18-35-26(20-5-7-21(28)8-6-20)17-31-11-13-32(14-12-31)27(33)24-16-22(29)9-10-25(24)30/h2-10,15-16,26H,11-14,17-18H2,1H3. The maximum atomic E-state index is 14.1. The van der Waals surface area contributed by atoms with Crippen LogP contribution in [0.4, 0.5) is 8.78 Å². The molecule has 0 bridgehead atoms. The summed E-state index contributed by atoms with van der Waals surface area (Å²) in [5, 5.41) is 0.650. The summed E-state index contributed by atoms with van der Waals surface area (Å²) in [5.74, 6) is -1.07. The molecule has 184 valence electrons. The second-order valence-electron chi connectivity index (χ2n) is 8.42. The number of ether oxygens (including phenoxy) is 2. The minimum atomic E-state index is -0.715. The monoisotopic (exact) mass is 500 g/mol. The molecule has 0 aromatic heterocycles. The lowest BCUT2D eigenvalue weighted by molar-refractivity contribution is 0.00333. The van der Waals surface area contributed by atoms with Gasteiger partial charge in [-0.3, -0.25) is 9.69 Å². The first kappa shape index (κ1) is 25.1. The molecule has 1 saturated heterocycles. The molecule has 1 unspecified atom stereocenters. The van der Waals surface area contributed by atoms with Crippen LogP contribution >= 0.6 is 11.6 Å². The van der Waals surface area contributed by atoms with E-state index >= 15 is 0 Å². The number of hydrogen-bond acceptors (Lipinski definition) is 4. The lowest BCUT2D eigenvalue weighted by atomic mass is 10.1. The van der Waals surface area contributed by atoms with Crippen molar-refractivity contribution in [3.05, 3.63) is 100 Å². The van der Waals surface area contributed by atoms with E-state index in [1.54, 1.807) is 12.0 Å². The molecule has 0 spiro atoms. The minimum Gasteiger partial charge on any atom is -0.497 e. The summed E-state index contributed by atoms with van der Waals surface area (Å²) in [6.45, 7) is 3.03. The quantitative estimate of drug-likeness (QED) is 0.418. The van der Waals surface area contributed by atoms with Gasteiger partial charge in [0.1, 0.15) is 17.4 Å². The maximum absolute atomic E-state index is 14.1. The zero-order valence-electron chi connectivity index (χ0n) is 19.4. The van der Waals surface area contributed by atoms with E-state index in [-0.39, 0.29) is 11.7 Å². The zero-order chi connectivity index (χ0) is 24.8. The number of hydrogen-bond donors (Lipinski definition) is 0. The number of benzene rings is 3. The number of halogens is 3. The van der Waals surface area contributed by atoms with Crippen LogP contribution in [0.2, 0.25) is 5.02 Å². The summed E-state index contributed by atoms with van der Waals surface area (Å²) >= 11 is 6.08. The highest BCUT2D eigenvalue weighted by Crippen LogP contribution is 2.24. The van der Waals surface area contributed by atoms with Gasteiger partial charge in [0.05, 0.1) is 25.4 Å². The third-order valence-corrected chi connectivity index (χ3v) is 6.32. The number of carbonyl (C=O) groups excluding carboxylic acids is 1. The van der Waals surface area contributed by atoms with Crippen LogP contribution in [-0.2, 0) is 11.3 Å². The molecule has 1 aliphatic heterocycles. The molecule has 0 aliphatic carbocycles. The Bertz CT molecular complexity index is 1150. The van der Waals surface area contributed by atoms with Crippen molar-refractivity contribution in [1.29, 1.82) is 0 Å². The van der Waals surface area contributed by atoms with Crippen LogP contribution < -0.4 is 4.74 Å². The van der Waals surface area contributed by atoms with Gasteiger partial charge < -0.3 is 14.4 Å². The van der Waals surface area contributed by atoms with Gasteiger partial charge in [0.2, 0.25) is 0 Å². The van der Waals surface area contributed by atoms with Crippen molar-refractivity contribution in [3.63, 3.8) is 0 Å². The van der Waals surface area contributed by atoms with Gasteiger partial charge in [0.15, 0.2) is 0 Å². The smallest absolute Gasteiger partial charge is 0.257 e. The van der Waals surface area contributed by atoms with Crippen molar-refractivity contribution in [3.8, 4) is 5.75 Å². The van der Waals surface area contributed by atoms with Gasteiger partial charge in [-0.1, -0.05) is 35.9 Å². The Kier molecular flexibility index (Phi) is 8.33.